The van der Waals surface area contributed by atoms with Gasteiger partial charge in [0.25, 0.3) is 0 Å². The number of nitrogens with one attached hydrogen (secondary N) is 1. The van der Waals surface area contributed by atoms with E-state index in [1.54, 1.807) is 14.2 Å². The van der Waals surface area contributed by atoms with Gasteiger partial charge in [0.1, 0.15) is 11.4 Å². The van der Waals surface area contributed by atoms with Crippen LogP contribution in [0.1, 0.15) is 12.0 Å². The van der Waals surface area contributed by atoms with Crippen molar-refractivity contribution in [3.05, 3.63) is 29.8 Å². The zero-order valence-electron chi connectivity index (χ0n) is 11.1. The van der Waals surface area contributed by atoms with Crippen LogP contribution in [0, 0.1) is 0 Å². The molecule has 18 heavy (non-hydrogen) atoms. The summed E-state index contributed by atoms with van der Waals surface area (Å²) in [7, 11) is 3.43. The van der Waals surface area contributed by atoms with E-state index in [-0.39, 0.29) is 5.60 Å². The highest BCUT2D eigenvalue weighted by Crippen LogP contribution is 2.21. The van der Waals surface area contributed by atoms with Crippen LogP contribution in [0.2, 0.25) is 0 Å². The fourth-order valence-corrected chi connectivity index (χ4v) is 2.18. The summed E-state index contributed by atoms with van der Waals surface area (Å²) in [5.41, 5.74) is 1.05. The van der Waals surface area contributed by atoms with Crippen LogP contribution in [-0.4, -0.2) is 39.6 Å². The predicted octanol–water partition coefficient (Wildman–Crippen LogP) is 1.59. The number of methoxy groups -OCH3 is 2. The van der Waals surface area contributed by atoms with Gasteiger partial charge in [0.2, 0.25) is 0 Å². The molecular weight excluding hydrogens is 230 g/mol. The van der Waals surface area contributed by atoms with Crippen molar-refractivity contribution in [1.29, 1.82) is 0 Å². The third-order valence-corrected chi connectivity index (χ3v) is 3.41. The Morgan fingerprint density at radius 1 is 1.39 bits per heavy atom. The SMILES string of the molecule is COc1cccc(CNCC2(OC)CCOC2)c1. The summed E-state index contributed by atoms with van der Waals surface area (Å²) >= 11 is 0. The lowest BCUT2D eigenvalue weighted by molar-refractivity contribution is -0.0159. The molecule has 4 nitrogen and oxygen atoms in total. The summed E-state index contributed by atoms with van der Waals surface area (Å²) in [5, 5.41) is 3.43. The van der Waals surface area contributed by atoms with Crippen LogP contribution in [0.25, 0.3) is 0 Å². The van der Waals surface area contributed by atoms with E-state index in [1.807, 2.05) is 18.2 Å². The van der Waals surface area contributed by atoms with Crippen molar-refractivity contribution >= 4 is 0 Å². The van der Waals surface area contributed by atoms with Crippen molar-refractivity contribution in [2.45, 2.75) is 18.6 Å². The first-order valence-corrected chi connectivity index (χ1v) is 6.24. The van der Waals surface area contributed by atoms with Gasteiger partial charge in [0.15, 0.2) is 0 Å². The molecule has 0 amide bonds. The topological polar surface area (TPSA) is 39.7 Å². The van der Waals surface area contributed by atoms with E-state index < -0.39 is 0 Å². The second-order valence-electron chi connectivity index (χ2n) is 4.64. The minimum absolute atomic E-state index is 0.154. The standard InChI is InChI=1S/C14H21NO3/c1-16-13-5-3-4-12(8-13)9-15-10-14(17-2)6-7-18-11-14/h3-5,8,15H,6-7,9-11H2,1-2H3. The molecule has 1 unspecified atom stereocenters. The molecule has 0 radical (unpaired) electrons. The Hall–Kier alpha value is -1.10. The number of ether oxygens (including phenoxy) is 3. The molecule has 1 saturated heterocycles. The first kappa shape index (κ1) is 13.3. The summed E-state index contributed by atoms with van der Waals surface area (Å²) < 4.78 is 16.2. The molecule has 0 saturated carbocycles. The highest BCUT2D eigenvalue weighted by molar-refractivity contribution is 5.28. The molecule has 1 aliphatic heterocycles. The maximum atomic E-state index is 5.57. The molecule has 1 aromatic carbocycles. The highest BCUT2D eigenvalue weighted by atomic mass is 16.5. The minimum atomic E-state index is -0.154. The molecule has 0 aromatic heterocycles. The summed E-state index contributed by atoms with van der Waals surface area (Å²) in [5.74, 6) is 0.889. The van der Waals surface area contributed by atoms with Gasteiger partial charge in [0.05, 0.1) is 13.7 Å². The van der Waals surface area contributed by atoms with Crippen LogP contribution in [-0.2, 0) is 16.0 Å². The molecule has 4 heteroatoms. The molecule has 1 N–H and O–H groups in total. The molecular formula is C14H21NO3. The normalized spacial score (nSPS) is 23.2. The number of benzene rings is 1. The second-order valence-corrected chi connectivity index (χ2v) is 4.64. The summed E-state index contributed by atoms with van der Waals surface area (Å²) in [4.78, 5) is 0. The average molecular weight is 251 g/mol. The zero-order valence-corrected chi connectivity index (χ0v) is 11.1. The molecule has 0 bridgehead atoms. The smallest absolute Gasteiger partial charge is 0.119 e. The minimum Gasteiger partial charge on any atom is -0.497 e. The fourth-order valence-electron chi connectivity index (χ4n) is 2.18. The number of hydrogen-bond acceptors (Lipinski definition) is 4. The van der Waals surface area contributed by atoms with Gasteiger partial charge >= 0.3 is 0 Å². The van der Waals surface area contributed by atoms with Gasteiger partial charge in [0, 0.05) is 33.2 Å². The van der Waals surface area contributed by atoms with E-state index in [0.717, 1.165) is 31.9 Å². The van der Waals surface area contributed by atoms with E-state index in [4.69, 9.17) is 14.2 Å². The first-order chi connectivity index (χ1) is 8.78. The Bertz CT molecular complexity index is 375. The van der Waals surface area contributed by atoms with Gasteiger partial charge in [-0.3, -0.25) is 0 Å². The molecule has 1 atom stereocenters. The first-order valence-electron chi connectivity index (χ1n) is 6.24. The lowest BCUT2D eigenvalue weighted by atomic mass is 10.0. The van der Waals surface area contributed by atoms with Gasteiger partial charge < -0.3 is 19.5 Å². The Kier molecular flexibility index (Phi) is 4.58. The quantitative estimate of drug-likeness (QED) is 0.833. The molecule has 0 aliphatic carbocycles. The van der Waals surface area contributed by atoms with Crippen LogP contribution in [0.15, 0.2) is 24.3 Å². The van der Waals surface area contributed by atoms with Crippen molar-refractivity contribution < 1.29 is 14.2 Å². The third-order valence-electron chi connectivity index (χ3n) is 3.41. The van der Waals surface area contributed by atoms with Gasteiger partial charge in [-0.15, -0.1) is 0 Å². The van der Waals surface area contributed by atoms with Crippen LogP contribution in [0.4, 0.5) is 0 Å². The van der Waals surface area contributed by atoms with E-state index >= 15 is 0 Å². The molecule has 1 aromatic rings. The Morgan fingerprint density at radius 2 is 2.28 bits per heavy atom. The van der Waals surface area contributed by atoms with E-state index in [0.29, 0.717) is 6.61 Å². The van der Waals surface area contributed by atoms with Crippen molar-refractivity contribution in [2.24, 2.45) is 0 Å². The summed E-state index contributed by atoms with van der Waals surface area (Å²) in [6, 6.07) is 8.07. The third kappa shape index (κ3) is 3.22. The molecule has 0 spiro atoms. The Morgan fingerprint density at radius 3 is 2.94 bits per heavy atom. The van der Waals surface area contributed by atoms with Gasteiger partial charge in [-0.05, 0) is 17.7 Å². The van der Waals surface area contributed by atoms with E-state index in [1.165, 1.54) is 5.56 Å². The zero-order chi connectivity index (χ0) is 12.8. The monoisotopic (exact) mass is 251 g/mol. The predicted molar refractivity (Wildman–Crippen MR) is 69.9 cm³/mol. The summed E-state index contributed by atoms with van der Waals surface area (Å²) in [6.45, 7) is 3.08. The average Bonchev–Trinajstić information content (AvgIpc) is 2.88. The van der Waals surface area contributed by atoms with Crippen LogP contribution in [0.3, 0.4) is 0 Å². The largest absolute Gasteiger partial charge is 0.497 e. The molecule has 1 heterocycles. The summed E-state index contributed by atoms with van der Waals surface area (Å²) in [6.07, 6.45) is 0.953. The van der Waals surface area contributed by atoms with Crippen LogP contribution >= 0.6 is 0 Å². The van der Waals surface area contributed by atoms with E-state index in [2.05, 4.69) is 11.4 Å². The maximum absolute atomic E-state index is 5.57. The number of rotatable bonds is 6. The van der Waals surface area contributed by atoms with Crippen molar-refractivity contribution in [3.63, 3.8) is 0 Å². The van der Waals surface area contributed by atoms with Gasteiger partial charge in [-0.2, -0.15) is 0 Å². The molecule has 100 valence electrons. The molecule has 1 aliphatic rings. The lowest BCUT2D eigenvalue weighted by Crippen LogP contribution is -2.42. The van der Waals surface area contributed by atoms with Crippen LogP contribution < -0.4 is 10.1 Å². The molecule has 2 rings (SSSR count). The van der Waals surface area contributed by atoms with Crippen molar-refractivity contribution in [1.82, 2.24) is 5.32 Å². The molecule has 1 fully saturated rings. The highest BCUT2D eigenvalue weighted by Gasteiger charge is 2.34. The maximum Gasteiger partial charge on any atom is 0.119 e. The number of hydrogen-bond donors (Lipinski definition) is 1. The second kappa shape index (κ2) is 6.18. The van der Waals surface area contributed by atoms with Crippen molar-refractivity contribution in [2.75, 3.05) is 34.0 Å². The fraction of sp³-hybridized carbons (Fsp3) is 0.571. The lowest BCUT2D eigenvalue weighted by Gasteiger charge is -2.26. The van der Waals surface area contributed by atoms with E-state index in [9.17, 15) is 0 Å². The Balaban J connectivity index is 1.84. The van der Waals surface area contributed by atoms with Gasteiger partial charge in [-0.1, -0.05) is 12.1 Å². The van der Waals surface area contributed by atoms with Crippen LogP contribution in [0.5, 0.6) is 5.75 Å². The van der Waals surface area contributed by atoms with Crippen molar-refractivity contribution in [3.8, 4) is 5.75 Å². The van der Waals surface area contributed by atoms with Gasteiger partial charge in [-0.25, -0.2) is 0 Å². The Labute approximate surface area is 108 Å².